The number of carbonyl (C=O) groups excluding carboxylic acids is 3. The van der Waals surface area contributed by atoms with Crippen LogP contribution in [0.25, 0.3) is 11.1 Å². The average molecular weight is 384 g/mol. The topological polar surface area (TPSA) is 107 Å². The highest BCUT2D eigenvalue weighted by Crippen LogP contribution is 2.25. The van der Waals surface area contributed by atoms with E-state index < -0.39 is 24.0 Å². The van der Waals surface area contributed by atoms with Gasteiger partial charge < -0.3 is 24.5 Å². The van der Waals surface area contributed by atoms with Gasteiger partial charge in [0.25, 0.3) is 0 Å². The SMILES string of the molecule is CCOC(=O)C1=C(COC(=O)c2occc2-c2ccccc2)NC(=O)NC1C. The third-order valence-corrected chi connectivity index (χ3v) is 4.15. The molecule has 1 aromatic heterocycles. The Hall–Kier alpha value is -3.55. The summed E-state index contributed by atoms with van der Waals surface area (Å²) in [4.78, 5) is 36.5. The van der Waals surface area contributed by atoms with E-state index in [1.807, 2.05) is 30.3 Å². The van der Waals surface area contributed by atoms with Crippen molar-refractivity contribution in [3.63, 3.8) is 0 Å². The number of carbonyl (C=O) groups is 3. The molecule has 146 valence electrons. The Morgan fingerprint density at radius 1 is 1.11 bits per heavy atom. The van der Waals surface area contributed by atoms with Crippen LogP contribution in [0.2, 0.25) is 0 Å². The van der Waals surface area contributed by atoms with E-state index in [0.717, 1.165) is 5.56 Å². The van der Waals surface area contributed by atoms with Crippen molar-refractivity contribution < 1.29 is 28.3 Å². The molecule has 28 heavy (non-hydrogen) atoms. The van der Waals surface area contributed by atoms with Crippen molar-refractivity contribution in [2.75, 3.05) is 13.2 Å². The van der Waals surface area contributed by atoms with Crippen LogP contribution in [0, 0.1) is 0 Å². The first kappa shape index (κ1) is 19.2. The lowest BCUT2D eigenvalue weighted by Crippen LogP contribution is -2.50. The molecule has 0 bridgehead atoms. The zero-order chi connectivity index (χ0) is 20.1. The lowest BCUT2D eigenvalue weighted by molar-refractivity contribution is -0.139. The summed E-state index contributed by atoms with van der Waals surface area (Å²) in [5.41, 5.74) is 1.78. The summed E-state index contributed by atoms with van der Waals surface area (Å²) in [6.07, 6.45) is 1.40. The van der Waals surface area contributed by atoms with Gasteiger partial charge in [-0.05, 0) is 25.5 Å². The molecule has 1 aromatic carbocycles. The summed E-state index contributed by atoms with van der Waals surface area (Å²) in [5.74, 6) is -1.26. The first-order valence-electron chi connectivity index (χ1n) is 8.79. The molecule has 8 nitrogen and oxygen atoms in total. The molecule has 8 heteroatoms. The normalized spacial score (nSPS) is 16.2. The van der Waals surface area contributed by atoms with Gasteiger partial charge in [-0.15, -0.1) is 0 Å². The minimum absolute atomic E-state index is 0.0396. The third kappa shape index (κ3) is 4.06. The van der Waals surface area contributed by atoms with Crippen LogP contribution in [0.5, 0.6) is 0 Å². The standard InChI is InChI=1S/C20H20N2O6/c1-3-26-18(23)16-12(2)21-20(25)22-15(16)11-28-19(24)17-14(9-10-27-17)13-7-5-4-6-8-13/h4-10,12H,3,11H2,1-2H3,(H2,21,22,25). The zero-order valence-electron chi connectivity index (χ0n) is 15.5. The molecule has 0 saturated carbocycles. The molecule has 0 spiro atoms. The molecule has 1 atom stereocenters. The van der Waals surface area contributed by atoms with Gasteiger partial charge >= 0.3 is 18.0 Å². The van der Waals surface area contributed by atoms with Crippen LogP contribution in [0.4, 0.5) is 4.79 Å². The van der Waals surface area contributed by atoms with Gasteiger partial charge in [-0.3, -0.25) is 0 Å². The van der Waals surface area contributed by atoms with Crippen LogP contribution in [-0.4, -0.2) is 37.2 Å². The number of hydrogen-bond acceptors (Lipinski definition) is 6. The molecule has 2 heterocycles. The van der Waals surface area contributed by atoms with E-state index >= 15 is 0 Å². The van der Waals surface area contributed by atoms with Crippen LogP contribution in [0.1, 0.15) is 24.4 Å². The van der Waals surface area contributed by atoms with Crippen molar-refractivity contribution in [1.82, 2.24) is 10.6 Å². The predicted octanol–water partition coefficient (Wildman–Crippen LogP) is 2.62. The third-order valence-electron chi connectivity index (χ3n) is 4.15. The van der Waals surface area contributed by atoms with E-state index in [9.17, 15) is 14.4 Å². The molecule has 1 aliphatic rings. The van der Waals surface area contributed by atoms with Gasteiger partial charge in [0.15, 0.2) is 0 Å². The van der Waals surface area contributed by atoms with Gasteiger partial charge in [0.05, 0.1) is 30.2 Å². The van der Waals surface area contributed by atoms with Crippen molar-refractivity contribution in [2.24, 2.45) is 0 Å². The summed E-state index contributed by atoms with van der Waals surface area (Å²) in [7, 11) is 0. The summed E-state index contributed by atoms with van der Waals surface area (Å²) in [6.45, 7) is 3.20. The molecular weight excluding hydrogens is 364 g/mol. The number of hydrogen-bond donors (Lipinski definition) is 2. The summed E-state index contributed by atoms with van der Waals surface area (Å²) in [5, 5.41) is 5.08. The maximum Gasteiger partial charge on any atom is 0.375 e. The second-order valence-corrected chi connectivity index (χ2v) is 6.04. The largest absolute Gasteiger partial charge is 0.463 e. The monoisotopic (exact) mass is 384 g/mol. The number of esters is 2. The van der Waals surface area contributed by atoms with E-state index in [2.05, 4.69) is 10.6 Å². The number of rotatable bonds is 6. The Morgan fingerprint density at radius 2 is 1.86 bits per heavy atom. The maximum absolute atomic E-state index is 12.5. The molecular formula is C20H20N2O6. The molecule has 3 rings (SSSR count). The lowest BCUT2D eigenvalue weighted by Gasteiger charge is -2.26. The van der Waals surface area contributed by atoms with Crippen LogP contribution in [-0.2, 0) is 14.3 Å². The van der Waals surface area contributed by atoms with Crippen LogP contribution >= 0.6 is 0 Å². The minimum atomic E-state index is -0.708. The Kier molecular flexibility index (Phi) is 5.78. The number of benzene rings is 1. The fourth-order valence-corrected chi connectivity index (χ4v) is 2.91. The van der Waals surface area contributed by atoms with Crippen molar-refractivity contribution in [3.05, 3.63) is 59.7 Å². The number of urea groups is 1. The second-order valence-electron chi connectivity index (χ2n) is 6.04. The quantitative estimate of drug-likeness (QED) is 0.742. The van der Waals surface area contributed by atoms with Crippen molar-refractivity contribution in [1.29, 1.82) is 0 Å². The smallest absolute Gasteiger partial charge is 0.375 e. The maximum atomic E-state index is 12.5. The van der Waals surface area contributed by atoms with Gasteiger partial charge in [0.2, 0.25) is 5.76 Å². The van der Waals surface area contributed by atoms with Crippen molar-refractivity contribution >= 4 is 18.0 Å². The van der Waals surface area contributed by atoms with Crippen LogP contribution in [0.15, 0.2) is 58.3 Å². The van der Waals surface area contributed by atoms with Crippen molar-refractivity contribution in [3.8, 4) is 11.1 Å². The highest BCUT2D eigenvalue weighted by molar-refractivity contribution is 5.96. The Balaban J connectivity index is 1.80. The predicted molar refractivity (Wildman–Crippen MR) is 99.2 cm³/mol. The summed E-state index contributed by atoms with van der Waals surface area (Å²) >= 11 is 0. The Bertz CT molecular complexity index is 916. The molecule has 0 saturated heterocycles. The second kappa shape index (κ2) is 8.43. The molecule has 1 unspecified atom stereocenters. The van der Waals surface area contributed by atoms with Gasteiger partial charge in [0, 0.05) is 5.56 Å². The molecule has 2 N–H and O–H groups in total. The molecule has 1 aliphatic heterocycles. The van der Waals surface area contributed by atoms with Crippen LogP contribution in [0.3, 0.4) is 0 Å². The average Bonchev–Trinajstić information content (AvgIpc) is 3.16. The van der Waals surface area contributed by atoms with E-state index in [4.69, 9.17) is 13.9 Å². The highest BCUT2D eigenvalue weighted by Gasteiger charge is 2.30. The molecule has 0 fully saturated rings. The lowest BCUT2D eigenvalue weighted by atomic mass is 10.0. The fourth-order valence-electron chi connectivity index (χ4n) is 2.91. The van der Waals surface area contributed by atoms with Gasteiger partial charge in [-0.25, -0.2) is 14.4 Å². The minimum Gasteiger partial charge on any atom is -0.463 e. The molecule has 0 radical (unpaired) electrons. The Labute approximate surface area is 161 Å². The fraction of sp³-hybridized carbons (Fsp3) is 0.250. The van der Waals surface area contributed by atoms with E-state index in [-0.39, 0.29) is 30.2 Å². The zero-order valence-corrected chi connectivity index (χ0v) is 15.5. The first-order chi connectivity index (χ1) is 13.5. The number of furan rings is 1. The van der Waals surface area contributed by atoms with Gasteiger partial charge in [-0.2, -0.15) is 0 Å². The van der Waals surface area contributed by atoms with E-state index in [1.165, 1.54) is 6.26 Å². The van der Waals surface area contributed by atoms with Crippen LogP contribution < -0.4 is 10.6 Å². The Morgan fingerprint density at radius 3 is 2.57 bits per heavy atom. The molecule has 2 amide bonds. The summed E-state index contributed by atoms with van der Waals surface area (Å²) < 4.78 is 15.6. The van der Waals surface area contributed by atoms with Gasteiger partial charge in [-0.1, -0.05) is 30.3 Å². The van der Waals surface area contributed by atoms with Crippen molar-refractivity contribution in [2.45, 2.75) is 19.9 Å². The highest BCUT2D eigenvalue weighted by atomic mass is 16.5. The first-order valence-corrected chi connectivity index (χ1v) is 8.79. The van der Waals surface area contributed by atoms with E-state index in [1.54, 1.807) is 19.9 Å². The van der Waals surface area contributed by atoms with Gasteiger partial charge in [0.1, 0.15) is 6.61 Å². The molecule has 2 aromatic rings. The number of nitrogens with one attached hydrogen (secondary N) is 2. The number of amides is 2. The molecule has 0 aliphatic carbocycles. The summed E-state index contributed by atoms with van der Waals surface area (Å²) in [6, 6.07) is 9.85. The number of ether oxygens (including phenoxy) is 2. The van der Waals surface area contributed by atoms with E-state index in [0.29, 0.717) is 5.56 Å².